The van der Waals surface area contributed by atoms with E-state index in [1.165, 1.54) is 0 Å². The summed E-state index contributed by atoms with van der Waals surface area (Å²) in [5, 5.41) is 0. The molecule has 0 aromatic carbocycles. The zero-order valence-corrected chi connectivity index (χ0v) is 7.02. The maximum Gasteiger partial charge on any atom is 0.123 e. The summed E-state index contributed by atoms with van der Waals surface area (Å²) in [7, 11) is 1.98. The summed E-state index contributed by atoms with van der Waals surface area (Å²) in [6.45, 7) is 5.33. The van der Waals surface area contributed by atoms with Gasteiger partial charge in [0, 0.05) is 6.54 Å². The van der Waals surface area contributed by atoms with Gasteiger partial charge in [-0.3, -0.25) is 0 Å². The predicted octanol–water partition coefficient (Wildman–Crippen LogP) is 1.69. The van der Waals surface area contributed by atoms with Crippen LogP contribution in [0.4, 0.5) is 4.39 Å². The molecule has 0 spiro atoms. The Morgan fingerprint density at radius 3 is 2.60 bits per heavy atom. The standard InChI is InChI=1S/C8H16FN/c1-7-4-5-10(3)6-8(7,2)9/h7H,4-6H2,1-3H3/t7-,8-/m0/s1. The van der Waals surface area contributed by atoms with E-state index in [0.29, 0.717) is 6.54 Å². The summed E-state index contributed by atoms with van der Waals surface area (Å²) in [6, 6.07) is 0. The van der Waals surface area contributed by atoms with Gasteiger partial charge >= 0.3 is 0 Å². The highest BCUT2D eigenvalue weighted by molar-refractivity contribution is 4.87. The molecule has 0 aromatic rings. The van der Waals surface area contributed by atoms with E-state index in [1.54, 1.807) is 6.92 Å². The van der Waals surface area contributed by atoms with Crippen LogP contribution in [0.1, 0.15) is 20.3 Å². The number of halogens is 1. The van der Waals surface area contributed by atoms with Crippen molar-refractivity contribution in [3.05, 3.63) is 0 Å². The minimum absolute atomic E-state index is 0.226. The molecule has 0 N–H and O–H groups in total. The minimum atomic E-state index is -0.965. The third-order valence-electron chi connectivity index (χ3n) is 2.55. The van der Waals surface area contributed by atoms with Gasteiger partial charge in [-0.2, -0.15) is 0 Å². The molecule has 1 heterocycles. The largest absolute Gasteiger partial charge is 0.303 e. The van der Waals surface area contributed by atoms with Crippen molar-refractivity contribution in [2.24, 2.45) is 5.92 Å². The average molecular weight is 145 g/mol. The number of piperidine rings is 1. The van der Waals surface area contributed by atoms with Gasteiger partial charge < -0.3 is 4.90 Å². The Bertz CT molecular complexity index is 122. The van der Waals surface area contributed by atoms with Crippen molar-refractivity contribution in [3.63, 3.8) is 0 Å². The number of likely N-dealkylation sites (tertiary alicyclic amines) is 1. The lowest BCUT2D eigenvalue weighted by molar-refractivity contribution is 0.0250. The summed E-state index contributed by atoms with van der Waals surface area (Å²) >= 11 is 0. The number of hydrogen-bond donors (Lipinski definition) is 0. The average Bonchev–Trinajstić information content (AvgIpc) is 1.78. The molecule has 0 aliphatic carbocycles. The Labute approximate surface area is 62.2 Å². The van der Waals surface area contributed by atoms with E-state index >= 15 is 0 Å². The van der Waals surface area contributed by atoms with Crippen LogP contribution in [0.25, 0.3) is 0 Å². The van der Waals surface area contributed by atoms with Crippen molar-refractivity contribution in [2.75, 3.05) is 20.1 Å². The fourth-order valence-corrected chi connectivity index (χ4v) is 1.48. The minimum Gasteiger partial charge on any atom is -0.303 e. The second-order valence-corrected chi connectivity index (χ2v) is 3.71. The smallest absolute Gasteiger partial charge is 0.123 e. The highest BCUT2D eigenvalue weighted by atomic mass is 19.1. The quantitative estimate of drug-likeness (QED) is 0.501. The molecule has 60 valence electrons. The van der Waals surface area contributed by atoms with Crippen LogP contribution in [0.2, 0.25) is 0 Å². The third-order valence-corrected chi connectivity index (χ3v) is 2.55. The van der Waals surface area contributed by atoms with E-state index in [2.05, 4.69) is 4.90 Å². The molecule has 0 unspecified atom stereocenters. The van der Waals surface area contributed by atoms with Crippen LogP contribution < -0.4 is 0 Å². The molecule has 1 rings (SSSR count). The van der Waals surface area contributed by atoms with Gasteiger partial charge in [0.25, 0.3) is 0 Å². The van der Waals surface area contributed by atoms with Gasteiger partial charge in [-0.1, -0.05) is 6.92 Å². The number of rotatable bonds is 0. The first-order chi connectivity index (χ1) is 4.52. The van der Waals surface area contributed by atoms with Crippen molar-refractivity contribution in [3.8, 4) is 0 Å². The Morgan fingerprint density at radius 2 is 2.20 bits per heavy atom. The molecular weight excluding hydrogens is 129 g/mol. The van der Waals surface area contributed by atoms with Crippen LogP contribution in [0.15, 0.2) is 0 Å². The number of hydrogen-bond acceptors (Lipinski definition) is 1. The molecule has 2 heteroatoms. The zero-order chi connectivity index (χ0) is 7.78. The van der Waals surface area contributed by atoms with Crippen LogP contribution >= 0.6 is 0 Å². The number of nitrogens with zero attached hydrogens (tertiary/aromatic N) is 1. The van der Waals surface area contributed by atoms with Gasteiger partial charge in [-0.05, 0) is 32.9 Å². The van der Waals surface area contributed by atoms with E-state index in [0.717, 1.165) is 13.0 Å². The Balaban J connectivity index is 2.55. The Kier molecular flexibility index (Phi) is 1.99. The molecule has 1 aliphatic heterocycles. The van der Waals surface area contributed by atoms with E-state index in [1.807, 2.05) is 14.0 Å². The molecule has 1 aliphatic rings. The number of alkyl halides is 1. The zero-order valence-electron chi connectivity index (χ0n) is 7.02. The fraction of sp³-hybridized carbons (Fsp3) is 1.00. The van der Waals surface area contributed by atoms with E-state index < -0.39 is 5.67 Å². The van der Waals surface area contributed by atoms with E-state index in [9.17, 15) is 4.39 Å². The second-order valence-electron chi connectivity index (χ2n) is 3.71. The van der Waals surface area contributed by atoms with Gasteiger partial charge in [-0.15, -0.1) is 0 Å². The molecule has 0 aromatic heterocycles. The topological polar surface area (TPSA) is 3.24 Å². The molecule has 0 radical (unpaired) electrons. The predicted molar refractivity (Wildman–Crippen MR) is 40.8 cm³/mol. The maximum absolute atomic E-state index is 13.5. The van der Waals surface area contributed by atoms with Crippen molar-refractivity contribution in [2.45, 2.75) is 25.9 Å². The van der Waals surface area contributed by atoms with E-state index in [4.69, 9.17) is 0 Å². The lowest BCUT2D eigenvalue weighted by atomic mass is 9.86. The third kappa shape index (κ3) is 1.48. The van der Waals surface area contributed by atoms with Crippen LogP contribution in [0, 0.1) is 5.92 Å². The summed E-state index contributed by atoms with van der Waals surface area (Å²) in [4.78, 5) is 2.06. The van der Waals surface area contributed by atoms with Crippen LogP contribution in [-0.2, 0) is 0 Å². The lowest BCUT2D eigenvalue weighted by Crippen LogP contribution is -2.46. The molecule has 1 saturated heterocycles. The van der Waals surface area contributed by atoms with Gasteiger partial charge in [0.15, 0.2) is 0 Å². The van der Waals surface area contributed by atoms with Crippen molar-refractivity contribution in [1.29, 1.82) is 0 Å². The first kappa shape index (κ1) is 7.99. The summed E-state index contributed by atoms with van der Waals surface area (Å²) in [6.07, 6.45) is 0.990. The van der Waals surface area contributed by atoms with Crippen molar-refractivity contribution >= 4 is 0 Å². The molecule has 1 fully saturated rings. The molecule has 1 nitrogen and oxygen atoms in total. The Morgan fingerprint density at radius 1 is 1.60 bits per heavy atom. The SMILES string of the molecule is C[C@H]1CCN(C)C[C@]1(C)F. The molecule has 0 amide bonds. The highest BCUT2D eigenvalue weighted by Gasteiger charge is 2.35. The molecular formula is C8H16FN. The highest BCUT2D eigenvalue weighted by Crippen LogP contribution is 2.29. The lowest BCUT2D eigenvalue weighted by Gasteiger charge is -2.37. The van der Waals surface area contributed by atoms with E-state index in [-0.39, 0.29) is 5.92 Å². The first-order valence-electron chi connectivity index (χ1n) is 3.90. The molecule has 2 atom stereocenters. The molecule has 10 heavy (non-hydrogen) atoms. The summed E-state index contributed by atoms with van der Waals surface area (Å²) < 4.78 is 13.5. The summed E-state index contributed by atoms with van der Waals surface area (Å²) in [5.74, 6) is 0.226. The maximum atomic E-state index is 13.5. The molecule has 0 saturated carbocycles. The van der Waals surface area contributed by atoms with Gasteiger partial charge in [0.2, 0.25) is 0 Å². The van der Waals surface area contributed by atoms with Gasteiger partial charge in [0.05, 0.1) is 0 Å². The van der Waals surface area contributed by atoms with Crippen molar-refractivity contribution in [1.82, 2.24) is 4.90 Å². The Hall–Kier alpha value is -0.110. The fourth-order valence-electron chi connectivity index (χ4n) is 1.48. The van der Waals surface area contributed by atoms with Crippen LogP contribution in [0.3, 0.4) is 0 Å². The van der Waals surface area contributed by atoms with Crippen LogP contribution in [0.5, 0.6) is 0 Å². The van der Waals surface area contributed by atoms with Gasteiger partial charge in [-0.25, -0.2) is 4.39 Å². The monoisotopic (exact) mass is 145 g/mol. The summed E-state index contributed by atoms with van der Waals surface area (Å²) in [5.41, 5.74) is -0.965. The van der Waals surface area contributed by atoms with Crippen LogP contribution in [-0.4, -0.2) is 30.7 Å². The normalized spacial score (nSPS) is 43.8. The molecule has 0 bridgehead atoms. The van der Waals surface area contributed by atoms with Gasteiger partial charge in [0.1, 0.15) is 5.67 Å². The van der Waals surface area contributed by atoms with Crippen molar-refractivity contribution < 1.29 is 4.39 Å². The first-order valence-corrected chi connectivity index (χ1v) is 3.90. The second kappa shape index (κ2) is 2.50.